The standard InChI is InChI=1S/C10H14N4O3S/c1-2-14-7-8(6-12-14)13-18(15,16)10-4-3-9(5-11)17-10/h3-4,6-7,13H,2,5,11H2,1H3. The van der Waals surface area contributed by atoms with E-state index in [2.05, 4.69) is 9.82 Å². The van der Waals surface area contributed by atoms with Crippen molar-refractivity contribution in [3.05, 3.63) is 30.3 Å². The predicted molar refractivity (Wildman–Crippen MR) is 65.3 cm³/mol. The summed E-state index contributed by atoms with van der Waals surface area (Å²) in [5.74, 6) is 0.416. The van der Waals surface area contributed by atoms with E-state index in [1.807, 2.05) is 6.92 Å². The predicted octanol–water partition coefficient (Wildman–Crippen LogP) is 0.756. The minimum Gasteiger partial charge on any atom is -0.446 e. The van der Waals surface area contributed by atoms with Gasteiger partial charge in [0.15, 0.2) is 0 Å². The van der Waals surface area contributed by atoms with E-state index in [4.69, 9.17) is 10.2 Å². The lowest BCUT2D eigenvalue weighted by atomic mass is 10.5. The van der Waals surface area contributed by atoms with Gasteiger partial charge in [-0.25, -0.2) is 0 Å². The lowest BCUT2D eigenvalue weighted by molar-refractivity contribution is 0.417. The van der Waals surface area contributed by atoms with E-state index in [9.17, 15) is 8.42 Å². The molecular weight excluding hydrogens is 256 g/mol. The summed E-state index contributed by atoms with van der Waals surface area (Å²) in [6.45, 7) is 2.73. The smallest absolute Gasteiger partial charge is 0.295 e. The van der Waals surface area contributed by atoms with E-state index >= 15 is 0 Å². The molecule has 0 saturated carbocycles. The van der Waals surface area contributed by atoms with Crippen molar-refractivity contribution in [2.75, 3.05) is 4.72 Å². The zero-order valence-electron chi connectivity index (χ0n) is 9.83. The molecular formula is C10H14N4O3S. The quantitative estimate of drug-likeness (QED) is 0.834. The van der Waals surface area contributed by atoms with Crippen LogP contribution in [-0.4, -0.2) is 18.2 Å². The molecule has 0 radical (unpaired) electrons. The number of aromatic nitrogens is 2. The summed E-state index contributed by atoms with van der Waals surface area (Å²) in [5, 5.41) is 3.81. The molecule has 7 nitrogen and oxygen atoms in total. The molecule has 0 saturated heterocycles. The van der Waals surface area contributed by atoms with E-state index in [0.29, 0.717) is 18.0 Å². The Morgan fingerprint density at radius 3 is 2.83 bits per heavy atom. The second-order valence-electron chi connectivity index (χ2n) is 3.62. The van der Waals surface area contributed by atoms with Gasteiger partial charge < -0.3 is 10.2 Å². The van der Waals surface area contributed by atoms with Crippen LogP contribution in [0, 0.1) is 0 Å². The molecule has 2 rings (SSSR count). The van der Waals surface area contributed by atoms with Crippen LogP contribution >= 0.6 is 0 Å². The Labute approximate surface area is 105 Å². The lowest BCUT2D eigenvalue weighted by Crippen LogP contribution is -2.11. The van der Waals surface area contributed by atoms with Gasteiger partial charge in [0.2, 0.25) is 5.09 Å². The molecule has 18 heavy (non-hydrogen) atoms. The van der Waals surface area contributed by atoms with Crippen molar-refractivity contribution in [2.45, 2.75) is 25.1 Å². The van der Waals surface area contributed by atoms with Crippen molar-refractivity contribution in [2.24, 2.45) is 5.73 Å². The van der Waals surface area contributed by atoms with Gasteiger partial charge >= 0.3 is 0 Å². The molecule has 0 aliphatic carbocycles. The highest BCUT2D eigenvalue weighted by Crippen LogP contribution is 2.17. The first-order valence-corrected chi connectivity index (χ1v) is 6.87. The minimum absolute atomic E-state index is 0.156. The second kappa shape index (κ2) is 4.83. The number of hydrogen-bond acceptors (Lipinski definition) is 5. The fraction of sp³-hybridized carbons (Fsp3) is 0.300. The van der Waals surface area contributed by atoms with Gasteiger partial charge in [-0.3, -0.25) is 9.40 Å². The highest BCUT2D eigenvalue weighted by atomic mass is 32.2. The molecule has 0 bridgehead atoms. The van der Waals surface area contributed by atoms with Gasteiger partial charge in [0.25, 0.3) is 10.0 Å². The Morgan fingerprint density at radius 1 is 1.50 bits per heavy atom. The number of sulfonamides is 1. The molecule has 2 heterocycles. The third kappa shape index (κ3) is 2.54. The molecule has 0 aliphatic rings. The molecule has 0 unspecified atom stereocenters. The van der Waals surface area contributed by atoms with Crippen LogP contribution in [0.25, 0.3) is 0 Å². The number of anilines is 1. The Hall–Kier alpha value is -1.80. The van der Waals surface area contributed by atoms with Gasteiger partial charge in [-0.1, -0.05) is 0 Å². The summed E-state index contributed by atoms with van der Waals surface area (Å²) in [5.41, 5.74) is 5.75. The Balaban J connectivity index is 2.21. The van der Waals surface area contributed by atoms with Gasteiger partial charge in [0.05, 0.1) is 18.4 Å². The second-order valence-corrected chi connectivity index (χ2v) is 5.23. The van der Waals surface area contributed by atoms with Gasteiger partial charge in [-0.2, -0.15) is 13.5 Å². The van der Waals surface area contributed by atoms with Crippen molar-refractivity contribution >= 4 is 15.7 Å². The van der Waals surface area contributed by atoms with Crippen LogP contribution in [-0.2, 0) is 23.1 Å². The van der Waals surface area contributed by atoms with Crippen LogP contribution in [0.2, 0.25) is 0 Å². The maximum Gasteiger partial charge on any atom is 0.295 e. The molecule has 0 spiro atoms. The average molecular weight is 270 g/mol. The fourth-order valence-corrected chi connectivity index (χ4v) is 2.39. The van der Waals surface area contributed by atoms with Gasteiger partial charge in [0, 0.05) is 12.7 Å². The molecule has 98 valence electrons. The Kier molecular flexibility index (Phi) is 3.39. The van der Waals surface area contributed by atoms with Crippen LogP contribution < -0.4 is 10.5 Å². The zero-order chi connectivity index (χ0) is 13.2. The first kappa shape index (κ1) is 12.7. The molecule has 0 fully saturated rings. The molecule has 2 aromatic heterocycles. The first-order valence-electron chi connectivity index (χ1n) is 5.39. The van der Waals surface area contributed by atoms with E-state index in [1.54, 1.807) is 10.9 Å². The highest BCUT2D eigenvalue weighted by molar-refractivity contribution is 7.92. The summed E-state index contributed by atoms with van der Waals surface area (Å²) < 4.78 is 33.0. The summed E-state index contributed by atoms with van der Waals surface area (Å²) >= 11 is 0. The summed E-state index contributed by atoms with van der Waals surface area (Å²) in [6.07, 6.45) is 3.04. The van der Waals surface area contributed by atoms with Crippen LogP contribution in [0.4, 0.5) is 5.69 Å². The Morgan fingerprint density at radius 2 is 2.28 bits per heavy atom. The molecule has 0 aliphatic heterocycles. The van der Waals surface area contributed by atoms with Crippen molar-refractivity contribution < 1.29 is 12.8 Å². The zero-order valence-corrected chi connectivity index (χ0v) is 10.6. The number of aryl methyl sites for hydroxylation is 1. The maximum absolute atomic E-state index is 11.9. The number of nitrogens with two attached hydrogens (primary N) is 1. The van der Waals surface area contributed by atoms with Crippen LogP contribution in [0.3, 0.4) is 0 Å². The highest BCUT2D eigenvalue weighted by Gasteiger charge is 2.19. The SMILES string of the molecule is CCn1cc(NS(=O)(=O)c2ccc(CN)o2)cn1. The van der Waals surface area contributed by atoms with E-state index in [1.165, 1.54) is 18.3 Å². The molecule has 3 N–H and O–H groups in total. The molecule has 2 aromatic rings. The van der Waals surface area contributed by atoms with E-state index in [-0.39, 0.29) is 11.6 Å². The van der Waals surface area contributed by atoms with Gasteiger partial charge in [0.1, 0.15) is 5.76 Å². The average Bonchev–Trinajstić information content (AvgIpc) is 2.96. The van der Waals surface area contributed by atoms with Crippen LogP contribution in [0.5, 0.6) is 0 Å². The fourth-order valence-electron chi connectivity index (χ4n) is 1.41. The third-order valence-electron chi connectivity index (χ3n) is 2.31. The Bertz CT molecular complexity index is 629. The molecule has 8 heteroatoms. The summed E-state index contributed by atoms with van der Waals surface area (Å²) in [6, 6.07) is 2.90. The molecule has 0 aromatic carbocycles. The lowest BCUT2D eigenvalue weighted by Gasteiger charge is -2.02. The van der Waals surface area contributed by atoms with Crippen molar-refractivity contribution in [1.82, 2.24) is 9.78 Å². The molecule has 0 atom stereocenters. The topological polar surface area (TPSA) is 103 Å². The number of rotatable bonds is 5. The number of nitrogens with one attached hydrogen (secondary N) is 1. The largest absolute Gasteiger partial charge is 0.446 e. The normalized spacial score (nSPS) is 11.7. The van der Waals surface area contributed by atoms with E-state index < -0.39 is 10.0 Å². The van der Waals surface area contributed by atoms with Crippen molar-refractivity contribution in [1.29, 1.82) is 0 Å². The molecule has 0 amide bonds. The minimum atomic E-state index is -3.72. The monoisotopic (exact) mass is 270 g/mol. The first-order chi connectivity index (χ1) is 8.55. The number of hydrogen-bond donors (Lipinski definition) is 2. The third-order valence-corrected chi connectivity index (χ3v) is 3.57. The van der Waals surface area contributed by atoms with E-state index in [0.717, 1.165) is 0 Å². The van der Waals surface area contributed by atoms with Crippen LogP contribution in [0.15, 0.2) is 34.0 Å². The van der Waals surface area contributed by atoms with Crippen LogP contribution in [0.1, 0.15) is 12.7 Å². The van der Waals surface area contributed by atoms with Crippen molar-refractivity contribution in [3.8, 4) is 0 Å². The summed E-state index contributed by atoms with van der Waals surface area (Å²) in [7, 11) is -3.72. The number of nitrogens with zero attached hydrogens (tertiary/aromatic N) is 2. The van der Waals surface area contributed by atoms with Crippen molar-refractivity contribution in [3.63, 3.8) is 0 Å². The van der Waals surface area contributed by atoms with Gasteiger partial charge in [-0.05, 0) is 19.1 Å². The summed E-state index contributed by atoms with van der Waals surface area (Å²) in [4.78, 5) is 0. The number of furan rings is 1. The van der Waals surface area contributed by atoms with Gasteiger partial charge in [-0.15, -0.1) is 0 Å². The maximum atomic E-state index is 11.9.